The van der Waals surface area contributed by atoms with E-state index in [1.165, 1.54) is 5.56 Å². The molecule has 33 heavy (non-hydrogen) atoms. The summed E-state index contributed by atoms with van der Waals surface area (Å²) in [5.41, 5.74) is 4.81. The highest BCUT2D eigenvalue weighted by Crippen LogP contribution is 2.19. The predicted octanol–water partition coefficient (Wildman–Crippen LogP) is 5.22. The molecule has 0 aliphatic carbocycles. The van der Waals surface area contributed by atoms with E-state index in [0.29, 0.717) is 24.9 Å². The van der Waals surface area contributed by atoms with E-state index in [2.05, 4.69) is 44.7 Å². The lowest BCUT2D eigenvalue weighted by Gasteiger charge is -2.10. The van der Waals surface area contributed by atoms with Gasteiger partial charge in [0.1, 0.15) is 18.2 Å². The Kier molecular flexibility index (Phi) is 9.05. The van der Waals surface area contributed by atoms with E-state index in [-0.39, 0.29) is 24.0 Å². The second-order valence-electron chi connectivity index (χ2n) is 7.39. The van der Waals surface area contributed by atoms with E-state index in [0.717, 1.165) is 41.4 Å². The molecule has 0 unspecified atom stereocenters. The topological polar surface area (TPSA) is 88.5 Å². The third-order valence-electron chi connectivity index (χ3n) is 4.84. The summed E-state index contributed by atoms with van der Waals surface area (Å²) in [5, 5.41) is 6.58. The van der Waals surface area contributed by atoms with Crippen molar-refractivity contribution >= 4 is 29.9 Å². The SMILES string of the molecule is CCNC(=NCc1coc(-c2ccccc2)n1)NCCc1coc(-c2ccc(C)cc2)n1.I. The Hall–Kier alpha value is -3.14. The Morgan fingerprint density at radius 3 is 2.18 bits per heavy atom. The molecule has 7 nitrogen and oxygen atoms in total. The van der Waals surface area contributed by atoms with Gasteiger partial charge in [-0.1, -0.05) is 35.9 Å². The summed E-state index contributed by atoms with van der Waals surface area (Å²) in [4.78, 5) is 13.7. The molecule has 0 atom stereocenters. The molecule has 0 radical (unpaired) electrons. The Labute approximate surface area is 210 Å². The van der Waals surface area contributed by atoms with Crippen molar-refractivity contribution < 1.29 is 8.83 Å². The van der Waals surface area contributed by atoms with Crippen LogP contribution in [-0.2, 0) is 13.0 Å². The Balaban J connectivity index is 0.00000306. The molecule has 2 aromatic heterocycles. The average Bonchev–Trinajstić information content (AvgIpc) is 3.49. The molecule has 0 bridgehead atoms. The van der Waals surface area contributed by atoms with Gasteiger partial charge in [-0.3, -0.25) is 0 Å². The summed E-state index contributed by atoms with van der Waals surface area (Å²) < 4.78 is 11.2. The molecule has 0 fully saturated rings. The highest BCUT2D eigenvalue weighted by molar-refractivity contribution is 14.0. The van der Waals surface area contributed by atoms with Crippen LogP contribution in [0.15, 0.2) is 81.0 Å². The molecule has 2 N–H and O–H groups in total. The predicted molar refractivity (Wildman–Crippen MR) is 141 cm³/mol. The fourth-order valence-corrected chi connectivity index (χ4v) is 3.15. The number of aryl methyl sites for hydroxylation is 1. The highest BCUT2D eigenvalue weighted by Gasteiger charge is 2.08. The molecule has 4 rings (SSSR count). The van der Waals surface area contributed by atoms with E-state index in [1.807, 2.05) is 49.4 Å². The van der Waals surface area contributed by atoms with Crippen LogP contribution < -0.4 is 10.6 Å². The number of hydrogen-bond acceptors (Lipinski definition) is 5. The zero-order chi connectivity index (χ0) is 22.2. The molecule has 0 aliphatic heterocycles. The number of oxazole rings is 2. The standard InChI is InChI=1S/C25H27N5O2.HI/c1-3-26-25(28-15-22-17-32-23(30-22)19-7-5-4-6-8-19)27-14-13-21-16-31-24(29-21)20-11-9-18(2)10-12-20;/h4-12,16-17H,3,13-15H2,1-2H3,(H2,26,27,28);1H. The van der Waals surface area contributed by atoms with Crippen molar-refractivity contribution in [1.29, 1.82) is 0 Å². The van der Waals surface area contributed by atoms with Crippen molar-refractivity contribution in [3.63, 3.8) is 0 Å². The summed E-state index contributed by atoms with van der Waals surface area (Å²) in [6, 6.07) is 18.0. The van der Waals surface area contributed by atoms with Gasteiger partial charge in [0.25, 0.3) is 0 Å². The van der Waals surface area contributed by atoms with Crippen LogP contribution in [0.25, 0.3) is 22.9 Å². The van der Waals surface area contributed by atoms with Crippen molar-refractivity contribution in [3.8, 4) is 22.9 Å². The molecule has 8 heteroatoms. The summed E-state index contributed by atoms with van der Waals surface area (Å²) in [7, 11) is 0. The first-order chi connectivity index (χ1) is 15.7. The van der Waals surface area contributed by atoms with Gasteiger partial charge in [0, 0.05) is 30.6 Å². The van der Waals surface area contributed by atoms with Crippen molar-refractivity contribution in [2.45, 2.75) is 26.8 Å². The first-order valence-electron chi connectivity index (χ1n) is 10.7. The van der Waals surface area contributed by atoms with Gasteiger partial charge in [-0.25, -0.2) is 15.0 Å². The number of nitrogens with one attached hydrogen (secondary N) is 2. The monoisotopic (exact) mass is 557 g/mol. The van der Waals surface area contributed by atoms with E-state index in [9.17, 15) is 0 Å². The molecule has 0 spiro atoms. The van der Waals surface area contributed by atoms with Crippen LogP contribution in [0, 0.1) is 6.92 Å². The van der Waals surface area contributed by atoms with Gasteiger partial charge in [0.05, 0.1) is 12.2 Å². The largest absolute Gasteiger partial charge is 0.444 e. The number of hydrogen-bond donors (Lipinski definition) is 2. The summed E-state index contributed by atoms with van der Waals surface area (Å²) in [6.45, 7) is 5.96. The van der Waals surface area contributed by atoms with Gasteiger partial charge >= 0.3 is 0 Å². The minimum absolute atomic E-state index is 0. The first-order valence-corrected chi connectivity index (χ1v) is 10.7. The van der Waals surface area contributed by atoms with Crippen LogP contribution in [0.2, 0.25) is 0 Å². The normalized spacial score (nSPS) is 11.2. The maximum atomic E-state index is 5.64. The average molecular weight is 557 g/mol. The first kappa shape index (κ1) is 24.5. The van der Waals surface area contributed by atoms with Crippen molar-refractivity contribution in [2.24, 2.45) is 4.99 Å². The second-order valence-corrected chi connectivity index (χ2v) is 7.39. The number of aliphatic imine (C=N–C) groups is 1. The van der Waals surface area contributed by atoms with Crippen LogP contribution in [0.5, 0.6) is 0 Å². The number of nitrogens with zero attached hydrogens (tertiary/aromatic N) is 3. The Bertz CT molecular complexity index is 1150. The molecule has 0 saturated heterocycles. The Morgan fingerprint density at radius 2 is 1.48 bits per heavy atom. The fourth-order valence-electron chi connectivity index (χ4n) is 3.15. The Morgan fingerprint density at radius 1 is 0.848 bits per heavy atom. The maximum Gasteiger partial charge on any atom is 0.226 e. The van der Waals surface area contributed by atoms with E-state index in [4.69, 9.17) is 8.83 Å². The van der Waals surface area contributed by atoms with E-state index < -0.39 is 0 Å². The number of benzene rings is 2. The molecule has 2 aromatic carbocycles. The molecule has 4 aromatic rings. The van der Waals surface area contributed by atoms with Crippen molar-refractivity contribution in [1.82, 2.24) is 20.6 Å². The minimum Gasteiger partial charge on any atom is -0.444 e. The lowest BCUT2D eigenvalue weighted by Crippen LogP contribution is -2.38. The quantitative estimate of drug-likeness (QED) is 0.176. The van der Waals surface area contributed by atoms with Crippen LogP contribution >= 0.6 is 24.0 Å². The highest BCUT2D eigenvalue weighted by atomic mass is 127. The van der Waals surface area contributed by atoms with Crippen LogP contribution in [0.1, 0.15) is 23.9 Å². The van der Waals surface area contributed by atoms with Gasteiger partial charge in [-0.2, -0.15) is 0 Å². The van der Waals surface area contributed by atoms with Crippen LogP contribution in [0.4, 0.5) is 0 Å². The van der Waals surface area contributed by atoms with Crippen molar-refractivity contribution in [2.75, 3.05) is 13.1 Å². The molecule has 172 valence electrons. The molecular weight excluding hydrogens is 529 g/mol. The van der Waals surface area contributed by atoms with E-state index in [1.54, 1.807) is 12.5 Å². The molecule has 2 heterocycles. The second kappa shape index (κ2) is 12.2. The zero-order valence-corrected chi connectivity index (χ0v) is 21.1. The molecular formula is C25H28IN5O2. The lowest BCUT2D eigenvalue weighted by molar-refractivity contribution is 0.572. The smallest absolute Gasteiger partial charge is 0.226 e. The molecule has 0 saturated carbocycles. The summed E-state index contributed by atoms with van der Waals surface area (Å²) >= 11 is 0. The van der Waals surface area contributed by atoms with Gasteiger partial charge in [0.15, 0.2) is 5.96 Å². The third-order valence-corrected chi connectivity index (χ3v) is 4.84. The summed E-state index contributed by atoms with van der Waals surface area (Å²) in [5.74, 6) is 1.96. The number of rotatable bonds is 8. The van der Waals surface area contributed by atoms with Crippen molar-refractivity contribution in [3.05, 3.63) is 84.1 Å². The minimum atomic E-state index is 0. The maximum absolute atomic E-state index is 5.64. The summed E-state index contributed by atoms with van der Waals surface area (Å²) in [6.07, 6.45) is 4.08. The number of halogens is 1. The third kappa shape index (κ3) is 6.92. The molecule has 0 aliphatic rings. The number of aromatic nitrogens is 2. The van der Waals surface area contributed by atoms with Crippen LogP contribution in [0.3, 0.4) is 0 Å². The zero-order valence-electron chi connectivity index (χ0n) is 18.7. The number of guanidine groups is 1. The van der Waals surface area contributed by atoms with E-state index >= 15 is 0 Å². The lowest BCUT2D eigenvalue weighted by atomic mass is 10.1. The molecule has 0 amide bonds. The van der Waals surface area contributed by atoms with Gasteiger partial charge in [-0.05, 0) is 38.1 Å². The van der Waals surface area contributed by atoms with Gasteiger partial charge in [-0.15, -0.1) is 24.0 Å². The van der Waals surface area contributed by atoms with Gasteiger partial charge < -0.3 is 19.5 Å². The van der Waals surface area contributed by atoms with Crippen LogP contribution in [-0.4, -0.2) is 29.0 Å². The van der Waals surface area contributed by atoms with Gasteiger partial charge in [0.2, 0.25) is 11.8 Å². The fraction of sp³-hybridized carbons (Fsp3) is 0.240.